The van der Waals surface area contributed by atoms with Gasteiger partial charge in [-0.05, 0) is 37.2 Å². The zero-order valence-corrected chi connectivity index (χ0v) is 13.1. The summed E-state index contributed by atoms with van der Waals surface area (Å²) in [7, 11) is 2.04. The van der Waals surface area contributed by atoms with E-state index in [2.05, 4.69) is 24.0 Å². The molecule has 2 atom stereocenters. The lowest BCUT2D eigenvalue weighted by Gasteiger charge is -2.27. The Morgan fingerprint density at radius 3 is 2.38 bits per heavy atom. The Morgan fingerprint density at radius 2 is 1.76 bits per heavy atom. The van der Waals surface area contributed by atoms with Gasteiger partial charge in [-0.3, -0.25) is 4.90 Å². The molecule has 0 N–H and O–H groups in total. The van der Waals surface area contributed by atoms with Crippen molar-refractivity contribution in [3.63, 3.8) is 0 Å². The topological polar surface area (TPSA) is 27.0 Å². The highest BCUT2D eigenvalue weighted by molar-refractivity contribution is 6.30. The Hall–Kier alpha value is -1.82. The van der Waals surface area contributed by atoms with Crippen LogP contribution in [0.25, 0.3) is 0 Å². The zero-order chi connectivity index (χ0) is 15.2. The first-order chi connectivity index (χ1) is 10.1. The number of nitriles is 1. The third-order valence-corrected chi connectivity index (χ3v) is 4.06. The van der Waals surface area contributed by atoms with Crippen molar-refractivity contribution in [3.8, 4) is 6.07 Å². The summed E-state index contributed by atoms with van der Waals surface area (Å²) in [5.74, 6) is -0.127. The molecule has 0 aromatic heterocycles. The molecule has 0 saturated carbocycles. The summed E-state index contributed by atoms with van der Waals surface area (Å²) < 4.78 is 0. The number of hydrogen-bond acceptors (Lipinski definition) is 2. The Bertz CT molecular complexity index is 619. The molecule has 2 rings (SSSR count). The van der Waals surface area contributed by atoms with Gasteiger partial charge in [0.1, 0.15) is 0 Å². The number of benzene rings is 2. The summed E-state index contributed by atoms with van der Waals surface area (Å²) in [6, 6.07) is 20.4. The van der Waals surface area contributed by atoms with Gasteiger partial charge in [0.15, 0.2) is 0 Å². The van der Waals surface area contributed by atoms with E-state index in [4.69, 9.17) is 11.6 Å². The number of hydrogen-bond donors (Lipinski definition) is 0. The highest BCUT2D eigenvalue weighted by Crippen LogP contribution is 2.24. The standard InChI is InChI=1S/C18H19ClN2/c1-14(16-9-6-10-18(19)11-16)21(2)13-17(12-20)15-7-4-3-5-8-15/h3-11,14,17H,13H2,1-2H3. The highest BCUT2D eigenvalue weighted by Gasteiger charge is 2.18. The van der Waals surface area contributed by atoms with Gasteiger partial charge in [-0.1, -0.05) is 54.1 Å². The van der Waals surface area contributed by atoms with Crippen molar-refractivity contribution in [1.82, 2.24) is 4.90 Å². The molecule has 2 aromatic rings. The summed E-state index contributed by atoms with van der Waals surface area (Å²) in [4.78, 5) is 2.19. The van der Waals surface area contributed by atoms with Crippen LogP contribution in [0.1, 0.15) is 30.0 Å². The van der Waals surface area contributed by atoms with Crippen molar-refractivity contribution in [2.24, 2.45) is 0 Å². The Morgan fingerprint density at radius 1 is 1.10 bits per heavy atom. The van der Waals surface area contributed by atoms with Crippen molar-refractivity contribution in [2.45, 2.75) is 18.9 Å². The second-order valence-electron chi connectivity index (χ2n) is 5.26. The number of likely N-dealkylation sites (N-methyl/N-ethyl adjacent to an activating group) is 1. The molecular formula is C18H19ClN2. The van der Waals surface area contributed by atoms with Gasteiger partial charge >= 0.3 is 0 Å². The summed E-state index contributed by atoms with van der Waals surface area (Å²) in [5.41, 5.74) is 2.22. The quantitative estimate of drug-likeness (QED) is 0.804. The van der Waals surface area contributed by atoms with Gasteiger partial charge in [-0.2, -0.15) is 5.26 Å². The smallest absolute Gasteiger partial charge is 0.0839 e. The van der Waals surface area contributed by atoms with Crippen LogP contribution in [0.4, 0.5) is 0 Å². The van der Waals surface area contributed by atoms with Gasteiger partial charge in [-0.15, -0.1) is 0 Å². The molecule has 0 spiro atoms. The first-order valence-electron chi connectivity index (χ1n) is 7.02. The van der Waals surface area contributed by atoms with E-state index in [1.54, 1.807) is 0 Å². The van der Waals surface area contributed by atoms with Gasteiger partial charge in [0.05, 0.1) is 12.0 Å². The highest BCUT2D eigenvalue weighted by atomic mass is 35.5. The average molecular weight is 299 g/mol. The molecule has 0 amide bonds. The Labute approximate surface area is 131 Å². The minimum Gasteiger partial charge on any atom is -0.298 e. The van der Waals surface area contributed by atoms with E-state index in [0.29, 0.717) is 6.54 Å². The number of rotatable bonds is 5. The first-order valence-corrected chi connectivity index (χ1v) is 7.40. The molecule has 0 saturated heterocycles. The van der Waals surface area contributed by atoms with E-state index in [0.717, 1.165) is 16.1 Å². The van der Waals surface area contributed by atoms with Crippen LogP contribution in [0.2, 0.25) is 5.02 Å². The molecule has 0 fully saturated rings. The van der Waals surface area contributed by atoms with Crippen LogP contribution in [0, 0.1) is 11.3 Å². The molecule has 2 aromatic carbocycles. The summed E-state index contributed by atoms with van der Waals surface area (Å²) in [6.45, 7) is 2.82. The molecule has 0 aliphatic rings. The molecule has 108 valence electrons. The fourth-order valence-electron chi connectivity index (χ4n) is 2.37. The van der Waals surface area contributed by atoms with Crippen LogP contribution >= 0.6 is 11.6 Å². The fraction of sp³-hybridized carbons (Fsp3) is 0.278. The van der Waals surface area contributed by atoms with E-state index < -0.39 is 0 Å². The average Bonchev–Trinajstić information content (AvgIpc) is 2.52. The van der Waals surface area contributed by atoms with Crippen molar-refractivity contribution in [1.29, 1.82) is 5.26 Å². The minimum atomic E-state index is -0.127. The first kappa shape index (κ1) is 15.6. The second-order valence-corrected chi connectivity index (χ2v) is 5.70. The third-order valence-electron chi connectivity index (χ3n) is 3.82. The number of nitrogens with zero attached hydrogens (tertiary/aromatic N) is 2. The Kier molecular flexibility index (Phi) is 5.38. The molecule has 3 heteroatoms. The maximum atomic E-state index is 9.43. The van der Waals surface area contributed by atoms with E-state index in [-0.39, 0.29) is 12.0 Å². The lowest BCUT2D eigenvalue weighted by molar-refractivity contribution is 0.257. The van der Waals surface area contributed by atoms with Crippen LogP contribution < -0.4 is 0 Å². The normalized spacial score (nSPS) is 13.7. The van der Waals surface area contributed by atoms with Crippen LogP contribution in [0.15, 0.2) is 54.6 Å². The Balaban J connectivity index is 2.09. The van der Waals surface area contributed by atoms with Crippen LogP contribution in [0.3, 0.4) is 0 Å². The van der Waals surface area contributed by atoms with Crippen molar-refractivity contribution >= 4 is 11.6 Å². The largest absolute Gasteiger partial charge is 0.298 e. The lowest BCUT2D eigenvalue weighted by Crippen LogP contribution is -2.27. The number of halogens is 1. The van der Waals surface area contributed by atoms with Gasteiger partial charge in [0, 0.05) is 17.6 Å². The molecule has 0 aliphatic carbocycles. The zero-order valence-electron chi connectivity index (χ0n) is 12.3. The van der Waals surface area contributed by atoms with Crippen molar-refractivity contribution < 1.29 is 0 Å². The maximum absolute atomic E-state index is 9.43. The van der Waals surface area contributed by atoms with E-state index >= 15 is 0 Å². The molecule has 2 nitrogen and oxygen atoms in total. The third kappa shape index (κ3) is 4.07. The van der Waals surface area contributed by atoms with E-state index in [9.17, 15) is 5.26 Å². The van der Waals surface area contributed by atoms with Crippen LogP contribution in [-0.2, 0) is 0 Å². The molecule has 0 aliphatic heterocycles. The monoisotopic (exact) mass is 298 g/mol. The van der Waals surface area contributed by atoms with Crippen molar-refractivity contribution in [2.75, 3.05) is 13.6 Å². The van der Waals surface area contributed by atoms with Gasteiger partial charge in [-0.25, -0.2) is 0 Å². The predicted octanol–water partition coefficient (Wildman–Crippen LogP) is 4.64. The van der Waals surface area contributed by atoms with Gasteiger partial charge < -0.3 is 0 Å². The van der Waals surface area contributed by atoms with Crippen molar-refractivity contribution in [3.05, 3.63) is 70.7 Å². The van der Waals surface area contributed by atoms with Crippen LogP contribution in [-0.4, -0.2) is 18.5 Å². The second kappa shape index (κ2) is 7.26. The molecule has 0 heterocycles. The molecule has 0 radical (unpaired) electrons. The van der Waals surface area contributed by atoms with E-state index in [1.165, 1.54) is 0 Å². The van der Waals surface area contributed by atoms with Gasteiger partial charge in [0.25, 0.3) is 0 Å². The maximum Gasteiger partial charge on any atom is 0.0839 e. The minimum absolute atomic E-state index is 0.127. The summed E-state index contributed by atoms with van der Waals surface area (Å²) in [6.07, 6.45) is 0. The fourth-order valence-corrected chi connectivity index (χ4v) is 2.57. The molecular weight excluding hydrogens is 280 g/mol. The predicted molar refractivity (Wildman–Crippen MR) is 87.3 cm³/mol. The molecule has 0 bridgehead atoms. The SMILES string of the molecule is CC(c1cccc(Cl)c1)N(C)CC(C#N)c1ccccc1. The van der Waals surface area contributed by atoms with E-state index in [1.807, 2.05) is 55.6 Å². The molecule has 21 heavy (non-hydrogen) atoms. The summed E-state index contributed by atoms with van der Waals surface area (Å²) >= 11 is 6.05. The van der Waals surface area contributed by atoms with Gasteiger partial charge in [0.2, 0.25) is 0 Å². The molecule has 2 unspecified atom stereocenters. The summed E-state index contributed by atoms with van der Waals surface area (Å²) in [5, 5.41) is 10.2. The lowest BCUT2D eigenvalue weighted by atomic mass is 9.99. The van der Waals surface area contributed by atoms with Crippen LogP contribution in [0.5, 0.6) is 0 Å².